The topological polar surface area (TPSA) is 30.5 Å². The molecule has 3 nitrogen and oxygen atoms in total. The summed E-state index contributed by atoms with van der Waals surface area (Å²) in [7, 11) is 0. The van der Waals surface area contributed by atoms with Crippen LogP contribution in [0.5, 0.6) is 0 Å². The van der Waals surface area contributed by atoms with Crippen molar-refractivity contribution >= 4 is 0 Å². The van der Waals surface area contributed by atoms with Gasteiger partial charge in [0.05, 0.1) is 6.10 Å². The Morgan fingerprint density at radius 2 is 2.07 bits per heavy atom. The van der Waals surface area contributed by atoms with Crippen LogP contribution in [0, 0.1) is 5.92 Å². The van der Waals surface area contributed by atoms with Gasteiger partial charge in [0, 0.05) is 19.8 Å². The molecule has 2 saturated heterocycles. The van der Waals surface area contributed by atoms with Crippen LogP contribution in [-0.4, -0.2) is 39.0 Å². The molecule has 3 heteroatoms. The third kappa shape index (κ3) is 3.23. The highest BCUT2D eigenvalue weighted by atomic mass is 16.5. The van der Waals surface area contributed by atoms with E-state index in [1.807, 2.05) is 0 Å². The fourth-order valence-corrected chi connectivity index (χ4v) is 2.20. The Bertz CT molecular complexity index is 151. The van der Waals surface area contributed by atoms with Gasteiger partial charge in [-0.15, -0.1) is 0 Å². The molecule has 0 bridgehead atoms. The highest BCUT2D eigenvalue weighted by Gasteiger charge is 2.17. The monoisotopic (exact) mass is 199 g/mol. The smallest absolute Gasteiger partial charge is 0.0619 e. The molecule has 1 atom stereocenters. The summed E-state index contributed by atoms with van der Waals surface area (Å²) in [6.07, 6.45) is 5.20. The summed E-state index contributed by atoms with van der Waals surface area (Å²) < 4.78 is 11.1. The molecule has 0 aromatic rings. The molecule has 2 fully saturated rings. The number of hydrogen-bond donors (Lipinski definition) is 1. The van der Waals surface area contributed by atoms with E-state index >= 15 is 0 Å². The second-order valence-corrected chi connectivity index (χ2v) is 4.33. The van der Waals surface area contributed by atoms with Gasteiger partial charge in [0.15, 0.2) is 0 Å². The van der Waals surface area contributed by atoms with Gasteiger partial charge in [0.2, 0.25) is 0 Å². The maximum absolute atomic E-state index is 5.84. The van der Waals surface area contributed by atoms with Gasteiger partial charge in [-0.2, -0.15) is 0 Å². The molecule has 1 N–H and O–H groups in total. The molecule has 2 rings (SSSR count). The summed E-state index contributed by atoms with van der Waals surface area (Å²) in [6.45, 7) is 5.10. The second kappa shape index (κ2) is 5.69. The van der Waals surface area contributed by atoms with E-state index < -0.39 is 0 Å². The Hall–Kier alpha value is -0.120. The van der Waals surface area contributed by atoms with E-state index in [1.54, 1.807) is 0 Å². The summed E-state index contributed by atoms with van der Waals surface area (Å²) in [5.41, 5.74) is 0. The lowest BCUT2D eigenvalue weighted by molar-refractivity contribution is -0.0346. The first-order valence-electron chi connectivity index (χ1n) is 5.85. The van der Waals surface area contributed by atoms with Gasteiger partial charge in [-0.3, -0.25) is 0 Å². The summed E-state index contributed by atoms with van der Waals surface area (Å²) in [5, 5.41) is 3.39. The van der Waals surface area contributed by atoms with Crippen LogP contribution in [-0.2, 0) is 9.47 Å². The Morgan fingerprint density at radius 1 is 1.21 bits per heavy atom. The van der Waals surface area contributed by atoms with Crippen LogP contribution in [0.1, 0.15) is 25.7 Å². The maximum atomic E-state index is 5.84. The molecular weight excluding hydrogens is 178 g/mol. The first kappa shape index (κ1) is 10.4. The molecule has 0 amide bonds. The van der Waals surface area contributed by atoms with E-state index in [0.29, 0.717) is 6.10 Å². The maximum Gasteiger partial charge on any atom is 0.0619 e. The SMILES string of the molecule is C1CC(CCOC2CCOCC2)CN1. The minimum Gasteiger partial charge on any atom is -0.381 e. The predicted octanol–water partition coefficient (Wildman–Crippen LogP) is 1.18. The van der Waals surface area contributed by atoms with E-state index in [1.165, 1.54) is 25.9 Å². The lowest BCUT2D eigenvalue weighted by Crippen LogP contribution is -2.24. The third-order valence-electron chi connectivity index (χ3n) is 3.21. The standard InChI is InChI=1S/C11H21NO2/c1-5-12-9-10(1)2-8-14-11-3-6-13-7-4-11/h10-12H,1-9H2. The van der Waals surface area contributed by atoms with E-state index in [2.05, 4.69) is 5.32 Å². The zero-order chi connectivity index (χ0) is 9.64. The fourth-order valence-electron chi connectivity index (χ4n) is 2.20. The van der Waals surface area contributed by atoms with Gasteiger partial charge >= 0.3 is 0 Å². The molecular formula is C11H21NO2. The summed E-state index contributed by atoms with van der Waals surface area (Å²) >= 11 is 0. The second-order valence-electron chi connectivity index (χ2n) is 4.33. The van der Waals surface area contributed by atoms with Crippen LogP contribution in [0.25, 0.3) is 0 Å². The molecule has 14 heavy (non-hydrogen) atoms. The van der Waals surface area contributed by atoms with Crippen molar-refractivity contribution in [3.8, 4) is 0 Å². The minimum absolute atomic E-state index is 0.470. The molecule has 1 unspecified atom stereocenters. The van der Waals surface area contributed by atoms with Gasteiger partial charge in [-0.1, -0.05) is 0 Å². The largest absolute Gasteiger partial charge is 0.381 e. The lowest BCUT2D eigenvalue weighted by Gasteiger charge is -2.22. The fraction of sp³-hybridized carbons (Fsp3) is 1.00. The third-order valence-corrected chi connectivity index (χ3v) is 3.21. The van der Waals surface area contributed by atoms with Crippen molar-refractivity contribution in [2.75, 3.05) is 32.9 Å². The number of ether oxygens (including phenoxy) is 2. The summed E-state index contributed by atoms with van der Waals surface area (Å²) in [5.74, 6) is 0.856. The molecule has 2 aliphatic rings. The molecule has 82 valence electrons. The molecule has 2 aliphatic heterocycles. The Morgan fingerprint density at radius 3 is 2.79 bits per heavy atom. The average Bonchev–Trinajstić information content (AvgIpc) is 2.72. The quantitative estimate of drug-likeness (QED) is 0.737. The van der Waals surface area contributed by atoms with E-state index in [4.69, 9.17) is 9.47 Å². The van der Waals surface area contributed by atoms with E-state index in [9.17, 15) is 0 Å². The number of nitrogens with one attached hydrogen (secondary N) is 1. The molecule has 0 spiro atoms. The number of hydrogen-bond acceptors (Lipinski definition) is 3. The average molecular weight is 199 g/mol. The molecule has 0 aromatic heterocycles. The molecule has 2 heterocycles. The first-order valence-corrected chi connectivity index (χ1v) is 5.85. The number of rotatable bonds is 4. The van der Waals surface area contributed by atoms with Gasteiger partial charge in [-0.25, -0.2) is 0 Å². The molecule has 0 aromatic carbocycles. The van der Waals surface area contributed by atoms with Gasteiger partial charge in [-0.05, 0) is 44.7 Å². The predicted molar refractivity (Wildman–Crippen MR) is 55.4 cm³/mol. The van der Waals surface area contributed by atoms with Crippen molar-refractivity contribution in [3.05, 3.63) is 0 Å². The van der Waals surface area contributed by atoms with Crippen LogP contribution in [0.4, 0.5) is 0 Å². The lowest BCUT2D eigenvalue weighted by atomic mass is 10.1. The summed E-state index contributed by atoms with van der Waals surface area (Å²) in [6, 6.07) is 0. The zero-order valence-electron chi connectivity index (χ0n) is 8.84. The first-order chi connectivity index (χ1) is 6.95. The van der Waals surface area contributed by atoms with Gasteiger partial charge < -0.3 is 14.8 Å². The van der Waals surface area contributed by atoms with Crippen LogP contribution in [0.3, 0.4) is 0 Å². The highest BCUT2D eigenvalue weighted by Crippen LogP contribution is 2.15. The van der Waals surface area contributed by atoms with Crippen molar-refractivity contribution in [2.24, 2.45) is 5.92 Å². The van der Waals surface area contributed by atoms with Gasteiger partial charge in [0.25, 0.3) is 0 Å². The van der Waals surface area contributed by atoms with Crippen molar-refractivity contribution < 1.29 is 9.47 Å². The van der Waals surface area contributed by atoms with Crippen LogP contribution < -0.4 is 5.32 Å². The minimum atomic E-state index is 0.470. The normalized spacial score (nSPS) is 29.6. The molecule has 0 radical (unpaired) electrons. The van der Waals surface area contributed by atoms with Crippen LogP contribution in [0.15, 0.2) is 0 Å². The van der Waals surface area contributed by atoms with Crippen molar-refractivity contribution in [1.29, 1.82) is 0 Å². The Kier molecular flexibility index (Phi) is 4.22. The van der Waals surface area contributed by atoms with Crippen molar-refractivity contribution in [2.45, 2.75) is 31.8 Å². The molecule has 0 saturated carbocycles. The van der Waals surface area contributed by atoms with E-state index in [0.717, 1.165) is 38.6 Å². The van der Waals surface area contributed by atoms with Crippen molar-refractivity contribution in [3.63, 3.8) is 0 Å². The van der Waals surface area contributed by atoms with Crippen LogP contribution in [0.2, 0.25) is 0 Å². The van der Waals surface area contributed by atoms with Gasteiger partial charge in [0.1, 0.15) is 0 Å². The van der Waals surface area contributed by atoms with E-state index in [-0.39, 0.29) is 0 Å². The van der Waals surface area contributed by atoms with Crippen molar-refractivity contribution in [1.82, 2.24) is 5.32 Å². The Labute approximate surface area is 86.2 Å². The molecule has 0 aliphatic carbocycles. The van der Waals surface area contributed by atoms with Crippen LogP contribution >= 0.6 is 0 Å². The Balaban J connectivity index is 1.52. The zero-order valence-corrected chi connectivity index (χ0v) is 8.84. The highest BCUT2D eigenvalue weighted by molar-refractivity contribution is 4.71. The summed E-state index contributed by atoms with van der Waals surface area (Å²) in [4.78, 5) is 0.